The lowest BCUT2D eigenvalue weighted by Crippen LogP contribution is -2.30. The Bertz CT molecular complexity index is 1520. The molecular formula is C57H110O17P2. The van der Waals surface area contributed by atoms with E-state index in [1.54, 1.807) is 0 Å². The number of hydrogen-bond donors (Lipinski definition) is 3. The Kier molecular flexibility index (Phi) is 48.8. The van der Waals surface area contributed by atoms with Gasteiger partial charge in [-0.25, -0.2) is 9.13 Å². The monoisotopic (exact) mass is 1130 g/mol. The van der Waals surface area contributed by atoms with Crippen LogP contribution >= 0.6 is 15.6 Å². The van der Waals surface area contributed by atoms with Crippen molar-refractivity contribution >= 4 is 39.5 Å². The highest BCUT2D eigenvalue weighted by Crippen LogP contribution is 2.45. The van der Waals surface area contributed by atoms with Crippen LogP contribution in [-0.4, -0.2) is 96.7 Å². The summed E-state index contributed by atoms with van der Waals surface area (Å²) in [5.74, 6) is -0.687. The van der Waals surface area contributed by atoms with Crippen LogP contribution in [0.3, 0.4) is 0 Å². The van der Waals surface area contributed by atoms with Crippen molar-refractivity contribution in [3.63, 3.8) is 0 Å². The molecule has 0 spiro atoms. The largest absolute Gasteiger partial charge is 0.472 e. The number of carbonyl (C=O) groups excluding carboxylic acids is 4. The Labute approximate surface area is 460 Å². The molecule has 6 atom stereocenters. The van der Waals surface area contributed by atoms with E-state index in [4.69, 9.17) is 37.0 Å². The third-order valence-electron chi connectivity index (χ3n) is 13.3. The Balaban J connectivity index is 5.21. The lowest BCUT2D eigenvalue weighted by molar-refractivity contribution is -0.161. The van der Waals surface area contributed by atoms with Crippen molar-refractivity contribution in [1.82, 2.24) is 0 Å². The molecule has 17 nitrogen and oxygen atoms in total. The summed E-state index contributed by atoms with van der Waals surface area (Å²) in [5.41, 5.74) is 0. The van der Waals surface area contributed by atoms with Gasteiger partial charge in [0, 0.05) is 25.7 Å². The lowest BCUT2D eigenvalue weighted by Gasteiger charge is -2.21. The highest BCUT2D eigenvalue weighted by atomic mass is 31.2. The Hall–Kier alpha value is -1.94. The van der Waals surface area contributed by atoms with Gasteiger partial charge < -0.3 is 33.8 Å². The molecule has 0 aromatic rings. The van der Waals surface area contributed by atoms with Crippen molar-refractivity contribution in [2.24, 2.45) is 11.8 Å². The molecule has 0 aliphatic heterocycles. The number of unbranched alkanes of at least 4 members (excludes halogenated alkanes) is 25. The van der Waals surface area contributed by atoms with Gasteiger partial charge in [-0.2, -0.15) is 0 Å². The number of rotatable bonds is 56. The van der Waals surface area contributed by atoms with Crippen molar-refractivity contribution in [3.8, 4) is 0 Å². The van der Waals surface area contributed by atoms with Crippen LogP contribution in [-0.2, 0) is 65.4 Å². The average molecular weight is 1130 g/mol. The first kappa shape index (κ1) is 74.1. The molecule has 0 saturated carbocycles. The quantitative estimate of drug-likeness (QED) is 0.0222. The predicted molar refractivity (Wildman–Crippen MR) is 298 cm³/mol. The highest BCUT2D eigenvalue weighted by molar-refractivity contribution is 7.47. The number of phosphoric ester groups is 2. The van der Waals surface area contributed by atoms with Gasteiger partial charge in [0.25, 0.3) is 0 Å². The number of ether oxygens (including phenoxy) is 4. The molecular weight excluding hydrogens is 1020 g/mol. The Morgan fingerprint density at radius 3 is 1.00 bits per heavy atom. The fourth-order valence-corrected chi connectivity index (χ4v) is 9.84. The second kappa shape index (κ2) is 50.1. The third kappa shape index (κ3) is 50.3. The van der Waals surface area contributed by atoms with E-state index in [9.17, 15) is 43.2 Å². The summed E-state index contributed by atoms with van der Waals surface area (Å²) < 4.78 is 67.5. The van der Waals surface area contributed by atoms with Crippen molar-refractivity contribution < 1.29 is 80.2 Å². The van der Waals surface area contributed by atoms with Crippen LogP contribution in [0.5, 0.6) is 0 Å². The number of hydrogen-bond acceptors (Lipinski definition) is 15. The van der Waals surface area contributed by atoms with Crippen LogP contribution < -0.4 is 0 Å². The molecule has 0 heterocycles. The number of phosphoric acid groups is 2. The molecule has 0 aromatic carbocycles. The standard InChI is InChI=1S/C57H110O17P2/c1-7-10-12-14-19-27-33-39-54(59)67-45-52(73-56(61)41-35-29-20-15-13-11-8-2)47-71-75(63,64)69-43-51(58)44-70-76(65,66)72-48-53(46-68-55(60)40-34-28-24-23-26-32-38-50(6)9-3)74-57(62)42-36-30-22-18-16-17-21-25-31-37-49(4)5/h49-53,58H,7-48H2,1-6H3,(H,63,64)(H,65,66)/t50?,51-,52+,53+/m0/s1. The fraction of sp³-hybridized carbons (Fsp3) is 0.930. The van der Waals surface area contributed by atoms with Crippen molar-refractivity contribution in [3.05, 3.63) is 0 Å². The van der Waals surface area contributed by atoms with Gasteiger partial charge in [0.2, 0.25) is 0 Å². The summed E-state index contributed by atoms with van der Waals surface area (Å²) in [6.45, 7) is 9.29. The molecule has 0 fully saturated rings. The van der Waals surface area contributed by atoms with E-state index in [0.29, 0.717) is 25.7 Å². The predicted octanol–water partition coefficient (Wildman–Crippen LogP) is 14.9. The van der Waals surface area contributed by atoms with Crippen molar-refractivity contribution in [1.29, 1.82) is 0 Å². The zero-order chi connectivity index (χ0) is 56.6. The smallest absolute Gasteiger partial charge is 0.462 e. The van der Waals surface area contributed by atoms with Crippen LogP contribution in [0.25, 0.3) is 0 Å². The van der Waals surface area contributed by atoms with E-state index >= 15 is 0 Å². The molecule has 450 valence electrons. The molecule has 0 radical (unpaired) electrons. The van der Waals surface area contributed by atoms with E-state index in [0.717, 1.165) is 134 Å². The number of aliphatic hydroxyl groups excluding tert-OH is 1. The summed E-state index contributed by atoms with van der Waals surface area (Å²) in [6, 6.07) is 0. The van der Waals surface area contributed by atoms with E-state index < -0.39 is 97.5 Å². The van der Waals surface area contributed by atoms with Crippen LogP contribution in [0.2, 0.25) is 0 Å². The van der Waals surface area contributed by atoms with Crippen LogP contribution in [0, 0.1) is 11.8 Å². The van der Waals surface area contributed by atoms with Crippen molar-refractivity contribution in [2.45, 2.75) is 291 Å². The van der Waals surface area contributed by atoms with Gasteiger partial charge in [-0.3, -0.25) is 37.3 Å². The van der Waals surface area contributed by atoms with Crippen molar-refractivity contribution in [2.75, 3.05) is 39.6 Å². The maximum atomic E-state index is 12.9. The molecule has 0 aromatic heterocycles. The minimum atomic E-state index is -4.94. The highest BCUT2D eigenvalue weighted by Gasteiger charge is 2.30. The van der Waals surface area contributed by atoms with Gasteiger partial charge in [-0.15, -0.1) is 0 Å². The summed E-state index contributed by atoms with van der Waals surface area (Å²) in [4.78, 5) is 71.6. The molecule has 0 rings (SSSR count). The van der Waals surface area contributed by atoms with Crippen LogP contribution in [0.15, 0.2) is 0 Å². The minimum absolute atomic E-state index is 0.103. The van der Waals surface area contributed by atoms with Gasteiger partial charge >= 0.3 is 39.5 Å². The maximum Gasteiger partial charge on any atom is 0.472 e. The summed E-state index contributed by atoms with van der Waals surface area (Å²) in [5, 5.41) is 10.5. The van der Waals surface area contributed by atoms with Gasteiger partial charge in [0.05, 0.1) is 26.4 Å². The van der Waals surface area contributed by atoms with Gasteiger partial charge in [0.1, 0.15) is 19.3 Å². The van der Waals surface area contributed by atoms with E-state index in [2.05, 4.69) is 41.5 Å². The summed E-state index contributed by atoms with van der Waals surface area (Å²) in [7, 11) is -9.86. The van der Waals surface area contributed by atoms with E-state index in [1.807, 2.05) is 0 Å². The van der Waals surface area contributed by atoms with E-state index in [-0.39, 0.29) is 25.7 Å². The summed E-state index contributed by atoms with van der Waals surface area (Å²) >= 11 is 0. The number of carbonyl (C=O) groups is 4. The lowest BCUT2D eigenvalue weighted by atomic mass is 10.00. The Morgan fingerprint density at radius 2 is 0.671 bits per heavy atom. The molecule has 0 bridgehead atoms. The molecule has 3 N–H and O–H groups in total. The second-order valence-corrected chi connectivity index (χ2v) is 24.3. The minimum Gasteiger partial charge on any atom is -0.462 e. The topological polar surface area (TPSA) is 237 Å². The number of aliphatic hydroxyl groups is 1. The zero-order valence-electron chi connectivity index (χ0n) is 48.5. The van der Waals surface area contributed by atoms with Crippen LogP contribution in [0.4, 0.5) is 0 Å². The first-order valence-corrected chi connectivity index (χ1v) is 33.0. The fourth-order valence-electron chi connectivity index (χ4n) is 8.26. The average Bonchev–Trinajstić information content (AvgIpc) is 3.38. The third-order valence-corrected chi connectivity index (χ3v) is 15.2. The van der Waals surface area contributed by atoms with Crippen LogP contribution in [0.1, 0.15) is 273 Å². The normalized spacial score (nSPS) is 14.9. The zero-order valence-corrected chi connectivity index (χ0v) is 50.3. The van der Waals surface area contributed by atoms with E-state index in [1.165, 1.54) is 57.8 Å². The molecule has 0 aliphatic rings. The Morgan fingerprint density at radius 1 is 0.382 bits per heavy atom. The summed E-state index contributed by atoms with van der Waals surface area (Å²) in [6.07, 6.45) is 29.6. The SMILES string of the molecule is CCCCCCCCCC(=O)OC[C@H](COP(=O)(O)OC[C@H](O)COP(=O)(O)OC[C@@H](COC(=O)CCCCCCCCC(C)CC)OC(=O)CCCCCCCCCCCC(C)C)OC(=O)CCCCCCCCC. The molecule has 0 amide bonds. The van der Waals surface area contributed by atoms with Gasteiger partial charge in [-0.1, -0.05) is 221 Å². The molecule has 3 unspecified atom stereocenters. The first-order chi connectivity index (χ1) is 36.4. The molecule has 0 aliphatic carbocycles. The second-order valence-electron chi connectivity index (χ2n) is 21.4. The van der Waals surface area contributed by atoms with Gasteiger partial charge in [0.15, 0.2) is 12.2 Å². The van der Waals surface area contributed by atoms with Gasteiger partial charge in [-0.05, 0) is 37.5 Å². The molecule has 76 heavy (non-hydrogen) atoms. The number of esters is 4. The molecule has 19 heteroatoms. The maximum absolute atomic E-state index is 12.9. The molecule has 0 saturated heterocycles. The first-order valence-electron chi connectivity index (χ1n) is 30.0.